The summed E-state index contributed by atoms with van der Waals surface area (Å²) in [4.78, 5) is 4.58. The number of pyridine rings is 2. The standard InChI is InChI=1S/C26H19ClN4OS/c27-20-10-11-22-17(14-20)7-5-13-31(22)24-23(18-6-4-12-29-16-18)21(15-28)25(33)30-26(24,32)19-8-2-1-3-9-19/h1-14,16,23-24,28,32H/p+1. The lowest BCUT2D eigenvalue weighted by Crippen LogP contribution is -2.65. The predicted molar refractivity (Wildman–Crippen MR) is 132 cm³/mol. The van der Waals surface area contributed by atoms with Gasteiger partial charge in [-0.2, -0.15) is 4.57 Å². The molecule has 5 rings (SSSR count). The average Bonchev–Trinajstić information content (AvgIpc) is 2.84. The lowest BCUT2D eigenvalue weighted by atomic mass is 9.74. The highest BCUT2D eigenvalue weighted by atomic mass is 35.5. The van der Waals surface area contributed by atoms with Gasteiger partial charge >= 0.3 is 0 Å². The van der Waals surface area contributed by atoms with Gasteiger partial charge in [-0.05, 0) is 35.7 Å². The normalized spacial score (nSPS) is 22.6. The maximum atomic E-state index is 12.3. The quantitative estimate of drug-likeness (QED) is 0.179. The van der Waals surface area contributed by atoms with Crippen LogP contribution in [0.3, 0.4) is 0 Å². The Labute approximate surface area is 201 Å². The van der Waals surface area contributed by atoms with Crippen molar-refractivity contribution in [3.8, 4) is 0 Å². The number of hydrogen-bond donors (Lipinski definition) is 3. The van der Waals surface area contributed by atoms with Crippen LogP contribution in [0.1, 0.15) is 23.1 Å². The van der Waals surface area contributed by atoms with E-state index >= 15 is 0 Å². The number of piperidine rings is 1. The smallest absolute Gasteiger partial charge is 0.227 e. The lowest BCUT2D eigenvalue weighted by molar-refractivity contribution is -0.720. The van der Waals surface area contributed by atoms with Crippen LogP contribution in [0.5, 0.6) is 0 Å². The highest BCUT2D eigenvalue weighted by Crippen LogP contribution is 2.45. The minimum Gasteiger partial charge on any atom is -0.362 e. The van der Waals surface area contributed by atoms with E-state index in [2.05, 4.69) is 16.2 Å². The molecule has 33 heavy (non-hydrogen) atoms. The maximum Gasteiger partial charge on any atom is 0.227 e. The van der Waals surface area contributed by atoms with E-state index in [0.29, 0.717) is 16.2 Å². The van der Waals surface area contributed by atoms with E-state index in [1.807, 2.05) is 83.6 Å². The molecule has 162 valence electrons. The summed E-state index contributed by atoms with van der Waals surface area (Å²) in [5.41, 5.74) is 1.29. The summed E-state index contributed by atoms with van der Waals surface area (Å²) in [6.07, 6.45) is 5.37. The Hall–Kier alpha value is -3.41. The molecule has 7 heteroatoms. The minimum atomic E-state index is -1.57. The third-order valence-electron chi connectivity index (χ3n) is 6.09. The van der Waals surface area contributed by atoms with Crippen LogP contribution in [-0.2, 0) is 5.72 Å². The van der Waals surface area contributed by atoms with Gasteiger partial charge < -0.3 is 10.4 Å². The van der Waals surface area contributed by atoms with E-state index in [1.165, 1.54) is 0 Å². The summed E-state index contributed by atoms with van der Waals surface area (Å²) in [5.74, 6) is 2.05. The molecule has 0 bridgehead atoms. The SMILES string of the molecule is N=C=C1C(=S)NC(O)(c2ccccc2)C([n+]2cccc3cc(Cl)ccc32)C1c1cccnc1. The number of fused-ring (bicyclic) bond motifs is 1. The third-order valence-corrected chi connectivity index (χ3v) is 6.64. The van der Waals surface area contributed by atoms with Crippen LogP contribution < -0.4 is 9.88 Å². The second-order valence-electron chi connectivity index (χ2n) is 7.95. The Morgan fingerprint density at radius 2 is 1.91 bits per heavy atom. The molecule has 3 N–H and O–H groups in total. The first kappa shape index (κ1) is 21.4. The monoisotopic (exact) mass is 471 g/mol. The van der Waals surface area contributed by atoms with Crippen LogP contribution in [0.15, 0.2) is 97.0 Å². The second-order valence-corrected chi connectivity index (χ2v) is 8.80. The van der Waals surface area contributed by atoms with Crippen molar-refractivity contribution in [1.82, 2.24) is 10.3 Å². The molecule has 2 aromatic heterocycles. The van der Waals surface area contributed by atoms with E-state index in [-0.39, 0.29) is 4.99 Å². The molecule has 0 amide bonds. The van der Waals surface area contributed by atoms with Gasteiger partial charge in [0, 0.05) is 40.5 Å². The summed E-state index contributed by atoms with van der Waals surface area (Å²) in [6.45, 7) is 0. The van der Waals surface area contributed by atoms with E-state index in [9.17, 15) is 5.11 Å². The van der Waals surface area contributed by atoms with Crippen molar-refractivity contribution < 1.29 is 9.67 Å². The van der Waals surface area contributed by atoms with Crippen LogP contribution >= 0.6 is 23.8 Å². The minimum absolute atomic E-state index is 0.283. The average molecular weight is 472 g/mol. The Morgan fingerprint density at radius 3 is 2.64 bits per heavy atom. The molecule has 3 unspecified atom stereocenters. The van der Waals surface area contributed by atoms with Crippen molar-refractivity contribution in [2.75, 3.05) is 0 Å². The molecular formula is C26H20ClN4OS+. The van der Waals surface area contributed by atoms with Crippen molar-refractivity contribution in [3.05, 3.63) is 113 Å². The van der Waals surface area contributed by atoms with Crippen molar-refractivity contribution in [3.63, 3.8) is 0 Å². The molecule has 0 radical (unpaired) electrons. The predicted octanol–water partition coefficient (Wildman–Crippen LogP) is 4.45. The fraction of sp³-hybridized carbons (Fsp3) is 0.115. The zero-order valence-corrected chi connectivity index (χ0v) is 19.0. The summed E-state index contributed by atoms with van der Waals surface area (Å²) in [7, 11) is 0. The van der Waals surface area contributed by atoms with Crippen LogP contribution in [0, 0.1) is 5.41 Å². The Kier molecular flexibility index (Phi) is 5.52. The Bertz CT molecular complexity index is 1410. The molecule has 1 aliphatic heterocycles. The highest BCUT2D eigenvalue weighted by Gasteiger charge is 2.56. The molecule has 2 aromatic carbocycles. The van der Waals surface area contributed by atoms with Gasteiger partial charge in [0.1, 0.15) is 4.99 Å². The van der Waals surface area contributed by atoms with Crippen molar-refractivity contribution in [2.45, 2.75) is 17.7 Å². The molecule has 1 fully saturated rings. The number of aromatic nitrogens is 2. The van der Waals surface area contributed by atoms with Crippen LogP contribution in [-0.4, -0.2) is 20.9 Å². The number of benzene rings is 2. The summed E-state index contributed by atoms with van der Waals surface area (Å²) >= 11 is 11.9. The molecule has 0 aliphatic carbocycles. The van der Waals surface area contributed by atoms with E-state index in [1.54, 1.807) is 12.4 Å². The molecule has 0 spiro atoms. The summed E-state index contributed by atoms with van der Waals surface area (Å²) < 4.78 is 2.02. The topological polar surface area (TPSA) is 72.9 Å². The molecule has 5 nitrogen and oxygen atoms in total. The number of halogens is 1. The van der Waals surface area contributed by atoms with Gasteiger partial charge in [0.15, 0.2) is 6.20 Å². The van der Waals surface area contributed by atoms with Gasteiger partial charge in [0.2, 0.25) is 17.3 Å². The molecule has 1 saturated heterocycles. The lowest BCUT2D eigenvalue weighted by Gasteiger charge is -2.43. The van der Waals surface area contributed by atoms with Gasteiger partial charge in [-0.15, -0.1) is 0 Å². The molecular weight excluding hydrogens is 452 g/mol. The molecule has 3 heterocycles. The molecule has 4 aromatic rings. The van der Waals surface area contributed by atoms with Crippen LogP contribution in [0.2, 0.25) is 5.02 Å². The number of thiocarbonyl (C=S) groups is 1. The first-order valence-electron chi connectivity index (χ1n) is 10.4. The van der Waals surface area contributed by atoms with Crippen molar-refractivity contribution >= 4 is 45.6 Å². The first-order valence-corrected chi connectivity index (χ1v) is 11.2. The third kappa shape index (κ3) is 3.63. The van der Waals surface area contributed by atoms with Gasteiger partial charge in [-0.1, -0.05) is 60.2 Å². The number of hydrogen-bond acceptors (Lipinski definition) is 4. The van der Waals surface area contributed by atoms with E-state index in [4.69, 9.17) is 29.2 Å². The zero-order valence-electron chi connectivity index (χ0n) is 17.4. The van der Waals surface area contributed by atoms with Gasteiger partial charge in [-0.3, -0.25) is 10.4 Å². The zero-order chi connectivity index (χ0) is 23.0. The second kappa shape index (κ2) is 8.50. The first-order chi connectivity index (χ1) is 16.0. The highest BCUT2D eigenvalue weighted by molar-refractivity contribution is 7.80. The van der Waals surface area contributed by atoms with Crippen LogP contribution in [0.4, 0.5) is 0 Å². The van der Waals surface area contributed by atoms with Gasteiger partial charge in [-0.25, -0.2) is 0 Å². The Balaban J connectivity index is 1.86. The Morgan fingerprint density at radius 1 is 1.09 bits per heavy atom. The number of nitrogens with zero attached hydrogens (tertiary/aromatic N) is 2. The number of aliphatic hydroxyl groups is 1. The van der Waals surface area contributed by atoms with Gasteiger partial charge in [0.05, 0.1) is 11.5 Å². The van der Waals surface area contributed by atoms with Crippen molar-refractivity contribution in [1.29, 1.82) is 5.41 Å². The maximum absolute atomic E-state index is 12.3. The number of rotatable bonds is 3. The fourth-order valence-corrected chi connectivity index (χ4v) is 5.17. The van der Waals surface area contributed by atoms with Gasteiger partial charge in [0.25, 0.3) is 0 Å². The van der Waals surface area contributed by atoms with Crippen molar-refractivity contribution in [2.24, 2.45) is 0 Å². The molecule has 0 saturated carbocycles. The number of nitrogens with one attached hydrogen (secondary N) is 2. The van der Waals surface area contributed by atoms with E-state index in [0.717, 1.165) is 16.5 Å². The molecule has 3 atom stereocenters. The summed E-state index contributed by atoms with van der Waals surface area (Å²) in [5, 5.41) is 25.1. The largest absolute Gasteiger partial charge is 0.362 e. The van der Waals surface area contributed by atoms with Crippen LogP contribution in [0.25, 0.3) is 10.9 Å². The summed E-state index contributed by atoms with van der Waals surface area (Å²) in [6, 6.07) is 22.1. The van der Waals surface area contributed by atoms with E-state index < -0.39 is 17.7 Å². The fourth-order valence-electron chi connectivity index (χ4n) is 4.65. The molecule has 1 aliphatic rings.